The number of hydrogen-bond acceptors (Lipinski definition) is 4. The number of hydrogen-bond donors (Lipinski definition) is 3. The molecule has 1 fully saturated rings. The summed E-state index contributed by atoms with van der Waals surface area (Å²) in [5.74, 6) is -0.0117. The van der Waals surface area contributed by atoms with Crippen LogP contribution in [0.2, 0.25) is 0 Å². The minimum atomic E-state index is -0.902. The number of carbonyl (C=O) groups is 1. The van der Waals surface area contributed by atoms with Crippen molar-refractivity contribution in [3.8, 4) is 0 Å². The third-order valence-electron chi connectivity index (χ3n) is 3.12. The van der Waals surface area contributed by atoms with Crippen LogP contribution in [0, 0.1) is 0 Å². The van der Waals surface area contributed by atoms with Gasteiger partial charge in [-0.1, -0.05) is 6.42 Å². The maximum absolute atomic E-state index is 11.8. The Morgan fingerprint density at radius 3 is 2.94 bits per heavy atom. The van der Waals surface area contributed by atoms with Crippen LogP contribution in [0.1, 0.15) is 32.6 Å². The highest BCUT2D eigenvalue weighted by Crippen LogP contribution is 2.09. The second-order valence-corrected chi connectivity index (χ2v) is 4.96. The van der Waals surface area contributed by atoms with Gasteiger partial charge in [0.25, 0.3) is 0 Å². The van der Waals surface area contributed by atoms with Gasteiger partial charge in [-0.2, -0.15) is 0 Å². The van der Waals surface area contributed by atoms with Crippen LogP contribution < -0.4 is 10.6 Å². The Bertz CT molecular complexity index is 238. The maximum atomic E-state index is 11.8. The van der Waals surface area contributed by atoms with E-state index >= 15 is 0 Å². The fourth-order valence-corrected chi connectivity index (χ4v) is 1.89. The zero-order valence-electron chi connectivity index (χ0n) is 10.8. The summed E-state index contributed by atoms with van der Waals surface area (Å²) >= 11 is 0. The quantitative estimate of drug-likeness (QED) is 0.616. The van der Waals surface area contributed by atoms with E-state index in [1.54, 1.807) is 14.0 Å². The van der Waals surface area contributed by atoms with E-state index in [0.29, 0.717) is 13.0 Å². The van der Waals surface area contributed by atoms with Crippen molar-refractivity contribution < 1.29 is 14.6 Å². The second-order valence-electron chi connectivity index (χ2n) is 4.96. The number of rotatable bonds is 6. The Balaban J connectivity index is 2.26. The van der Waals surface area contributed by atoms with Crippen LogP contribution in [0.25, 0.3) is 0 Å². The number of methoxy groups -OCH3 is 1. The molecule has 2 atom stereocenters. The summed E-state index contributed by atoms with van der Waals surface area (Å²) < 4.78 is 4.92. The van der Waals surface area contributed by atoms with Crippen LogP contribution in [-0.4, -0.2) is 49.5 Å². The molecule has 0 aromatic carbocycles. The van der Waals surface area contributed by atoms with E-state index in [1.165, 1.54) is 0 Å². The smallest absolute Gasteiger partial charge is 0.237 e. The van der Waals surface area contributed by atoms with E-state index in [1.807, 2.05) is 0 Å². The van der Waals surface area contributed by atoms with Crippen LogP contribution in [0.15, 0.2) is 0 Å². The Morgan fingerprint density at radius 2 is 2.35 bits per heavy atom. The Kier molecular flexibility index (Phi) is 5.88. The largest absolute Gasteiger partial charge is 0.388 e. The molecule has 0 saturated carbocycles. The van der Waals surface area contributed by atoms with E-state index < -0.39 is 5.60 Å². The van der Waals surface area contributed by atoms with E-state index in [4.69, 9.17) is 4.74 Å². The fraction of sp³-hybridized carbons (Fsp3) is 0.917. The third kappa shape index (κ3) is 5.48. The van der Waals surface area contributed by atoms with Crippen LogP contribution in [0.3, 0.4) is 0 Å². The molecule has 17 heavy (non-hydrogen) atoms. The number of piperidine rings is 1. The summed E-state index contributed by atoms with van der Waals surface area (Å²) in [7, 11) is 1.60. The van der Waals surface area contributed by atoms with Gasteiger partial charge < -0.3 is 20.5 Å². The summed E-state index contributed by atoms with van der Waals surface area (Å²) in [6.45, 7) is 3.37. The fourth-order valence-electron chi connectivity index (χ4n) is 1.89. The lowest BCUT2D eigenvalue weighted by Crippen LogP contribution is -2.50. The highest BCUT2D eigenvalue weighted by Gasteiger charge is 2.24. The molecule has 0 aromatic heterocycles. The molecule has 0 aliphatic carbocycles. The lowest BCUT2D eigenvalue weighted by molar-refractivity contribution is -0.125. The van der Waals surface area contributed by atoms with Crippen LogP contribution >= 0.6 is 0 Å². The number of carbonyl (C=O) groups excluding carboxylic acids is 1. The Morgan fingerprint density at radius 1 is 1.59 bits per heavy atom. The minimum absolute atomic E-state index is 0.0117. The first kappa shape index (κ1) is 14.4. The van der Waals surface area contributed by atoms with Gasteiger partial charge in [-0.3, -0.25) is 4.79 Å². The number of aliphatic hydroxyl groups is 1. The summed E-state index contributed by atoms with van der Waals surface area (Å²) in [4.78, 5) is 11.8. The van der Waals surface area contributed by atoms with Crippen molar-refractivity contribution in [3.05, 3.63) is 0 Å². The molecule has 2 unspecified atom stereocenters. The van der Waals surface area contributed by atoms with E-state index in [9.17, 15) is 9.90 Å². The van der Waals surface area contributed by atoms with Crippen molar-refractivity contribution in [1.29, 1.82) is 0 Å². The highest BCUT2D eigenvalue weighted by molar-refractivity contribution is 5.81. The first-order chi connectivity index (χ1) is 8.05. The zero-order valence-corrected chi connectivity index (χ0v) is 10.8. The average Bonchev–Trinajstić information content (AvgIpc) is 2.35. The van der Waals surface area contributed by atoms with Crippen molar-refractivity contribution in [3.63, 3.8) is 0 Å². The number of amides is 1. The van der Waals surface area contributed by atoms with Crippen molar-refractivity contribution in [2.45, 2.75) is 44.2 Å². The van der Waals surface area contributed by atoms with Gasteiger partial charge in [0.05, 0.1) is 11.6 Å². The lowest BCUT2D eigenvalue weighted by atomic mass is 10.0. The van der Waals surface area contributed by atoms with E-state index in [2.05, 4.69) is 10.6 Å². The van der Waals surface area contributed by atoms with Gasteiger partial charge in [-0.15, -0.1) is 0 Å². The summed E-state index contributed by atoms with van der Waals surface area (Å²) in [5, 5.41) is 16.0. The van der Waals surface area contributed by atoms with E-state index in [0.717, 1.165) is 25.8 Å². The van der Waals surface area contributed by atoms with Gasteiger partial charge in [0.1, 0.15) is 0 Å². The predicted molar refractivity (Wildman–Crippen MR) is 65.8 cm³/mol. The summed E-state index contributed by atoms with van der Waals surface area (Å²) in [5.41, 5.74) is -0.902. The molecule has 1 rings (SSSR count). The predicted octanol–water partition coefficient (Wildman–Crippen LogP) is 0.0322. The van der Waals surface area contributed by atoms with Crippen LogP contribution in [0.4, 0.5) is 0 Å². The maximum Gasteiger partial charge on any atom is 0.237 e. The van der Waals surface area contributed by atoms with Gasteiger partial charge in [-0.05, 0) is 26.3 Å². The monoisotopic (exact) mass is 244 g/mol. The molecule has 100 valence electrons. The molecular formula is C12H24N2O3. The summed E-state index contributed by atoms with van der Waals surface area (Å²) in [6.07, 6.45) is 3.62. The molecule has 1 heterocycles. The van der Waals surface area contributed by atoms with Crippen molar-refractivity contribution in [1.82, 2.24) is 10.6 Å². The molecule has 5 heteroatoms. The average molecular weight is 244 g/mol. The zero-order chi connectivity index (χ0) is 12.7. The summed E-state index contributed by atoms with van der Waals surface area (Å²) in [6, 6.07) is -0.0954. The molecule has 0 bridgehead atoms. The number of ether oxygens (including phenoxy) is 1. The second kappa shape index (κ2) is 6.93. The first-order valence-electron chi connectivity index (χ1n) is 6.27. The minimum Gasteiger partial charge on any atom is -0.388 e. The molecule has 3 N–H and O–H groups in total. The molecule has 1 aliphatic heterocycles. The molecule has 0 radical (unpaired) electrons. The molecule has 5 nitrogen and oxygen atoms in total. The molecule has 1 aliphatic rings. The molecule has 0 aromatic rings. The van der Waals surface area contributed by atoms with Gasteiger partial charge in [0, 0.05) is 26.7 Å². The Labute approximate surface area is 103 Å². The van der Waals surface area contributed by atoms with Gasteiger partial charge in [0.2, 0.25) is 5.91 Å². The molecular weight excluding hydrogens is 220 g/mol. The topological polar surface area (TPSA) is 70.6 Å². The SMILES string of the molecule is COCCC(C)(O)CNC(=O)C1CCCCN1. The van der Waals surface area contributed by atoms with Crippen molar-refractivity contribution in [2.75, 3.05) is 26.8 Å². The van der Waals surface area contributed by atoms with E-state index in [-0.39, 0.29) is 18.5 Å². The van der Waals surface area contributed by atoms with Gasteiger partial charge in [-0.25, -0.2) is 0 Å². The first-order valence-corrected chi connectivity index (χ1v) is 6.27. The molecule has 1 amide bonds. The van der Waals surface area contributed by atoms with Gasteiger partial charge >= 0.3 is 0 Å². The normalized spacial score (nSPS) is 24.1. The van der Waals surface area contributed by atoms with Gasteiger partial charge in [0.15, 0.2) is 0 Å². The molecule has 0 spiro atoms. The standard InChI is InChI=1S/C12H24N2O3/c1-12(16,6-8-17-2)9-14-11(15)10-5-3-4-7-13-10/h10,13,16H,3-9H2,1-2H3,(H,14,15). The van der Waals surface area contributed by atoms with Crippen LogP contribution in [0.5, 0.6) is 0 Å². The van der Waals surface area contributed by atoms with Crippen molar-refractivity contribution in [2.24, 2.45) is 0 Å². The highest BCUT2D eigenvalue weighted by atomic mass is 16.5. The van der Waals surface area contributed by atoms with Crippen molar-refractivity contribution >= 4 is 5.91 Å². The lowest BCUT2D eigenvalue weighted by Gasteiger charge is -2.26. The number of nitrogens with one attached hydrogen (secondary N) is 2. The molecule has 1 saturated heterocycles. The Hall–Kier alpha value is -0.650. The van der Waals surface area contributed by atoms with Crippen LogP contribution in [-0.2, 0) is 9.53 Å². The third-order valence-corrected chi connectivity index (χ3v) is 3.12.